The van der Waals surface area contributed by atoms with Crippen LogP contribution >= 0.6 is 11.8 Å². The molecular weight excluding hydrogens is 232 g/mol. The summed E-state index contributed by atoms with van der Waals surface area (Å²) in [5, 5.41) is 9.37. The largest absolute Gasteiger partial charge is 0.324 e. The lowest BCUT2D eigenvalue weighted by Gasteiger charge is -2.17. The van der Waals surface area contributed by atoms with Gasteiger partial charge in [-0.1, -0.05) is 39.5 Å². The first-order valence-corrected chi connectivity index (χ1v) is 7.21. The quantitative estimate of drug-likeness (QED) is 0.795. The molecule has 0 unspecified atom stereocenters. The predicted molar refractivity (Wildman–Crippen MR) is 73.0 cm³/mol. The van der Waals surface area contributed by atoms with Gasteiger partial charge in [0, 0.05) is 12.3 Å². The molecule has 0 saturated heterocycles. The van der Waals surface area contributed by atoms with Crippen molar-refractivity contribution < 1.29 is 0 Å². The topological polar surface area (TPSA) is 56.7 Å². The Morgan fingerprint density at radius 1 is 1.29 bits per heavy atom. The van der Waals surface area contributed by atoms with Gasteiger partial charge in [0.1, 0.15) is 5.82 Å². The van der Waals surface area contributed by atoms with E-state index in [-0.39, 0.29) is 0 Å². The minimum atomic E-state index is 0.374. The number of aromatic nitrogens is 3. The molecule has 1 aromatic rings. The number of hydrogen-bond donors (Lipinski definition) is 1. The zero-order valence-corrected chi connectivity index (χ0v) is 12.2. The van der Waals surface area contributed by atoms with Crippen molar-refractivity contribution >= 4 is 11.8 Å². The van der Waals surface area contributed by atoms with Gasteiger partial charge in [0.25, 0.3) is 0 Å². The van der Waals surface area contributed by atoms with Crippen LogP contribution in [0.4, 0.5) is 0 Å². The molecule has 0 atom stereocenters. The number of nitrogens with two attached hydrogens (primary N) is 1. The Balaban J connectivity index is 2.61. The summed E-state index contributed by atoms with van der Waals surface area (Å²) in [5.74, 6) is 1.97. The van der Waals surface area contributed by atoms with Crippen molar-refractivity contribution in [2.45, 2.75) is 58.8 Å². The second-order valence-electron chi connectivity index (χ2n) is 5.41. The van der Waals surface area contributed by atoms with Crippen LogP contribution in [-0.2, 0) is 13.1 Å². The van der Waals surface area contributed by atoms with Gasteiger partial charge in [-0.2, -0.15) is 0 Å². The zero-order valence-electron chi connectivity index (χ0n) is 11.4. The smallest absolute Gasteiger partial charge is 0.191 e. The lowest BCUT2D eigenvalue weighted by molar-refractivity contribution is 0.401. The molecule has 0 aliphatic carbocycles. The molecule has 5 heteroatoms. The molecule has 0 fully saturated rings. The summed E-state index contributed by atoms with van der Waals surface area (Å²) in [6, 6.07) is 0. The summed E-state index contributed by atoms with van der Waals surface area (Å²) in [7, 11) is 0. The molecule has 98 valence electrons. The highest BCUT2D eigenvalue weighted by Gasteiger charge is 2.13. The van der Waals surface area contributed by atoms with Gasteiger partial charge in [-0.3, -0.25) is 0 Å². The van der Waals surface area contributed by atoms with Crippen LogP contribution in [0.1, 0.15) is 46.4 Å². The average Bonchev–Trinajstić information content (AvgIpc) is 2.60. The third-order valence-electron chi connectivity index (χ3n) is 2.51. The molecule has 0 aliphatic heterocycles. The summed E-state index contributed by atoms with van der Waals surface area (Å²) >= 11 is 1.78. The van der Waals surface area contributed by atoms with Crippen LogP contribution in [0.25, 0.3) is 0 Å². The van der Waals surface area contributed by atoms with E-state index in [1.807, 2.05) is 0 Å². The molecule has 4 nitrogen and oxygen atoms in total. The normalized spacial score (nSPS) is 12.1. The lowest BCUT2D eigenvalue weighted by Crippen LogP contribution is -2.10. The Morgan fingerprint density at radius 3 is 2.53 bits per heavy atom. The van der Waals surface area contributed by atoms with Gasteiger partial charge in [0.2, 0.25) is 0 Å². The van der Waals surface area contributed by atoms with Crippen LogP contribution in [0.5, 0.6) is 0 Å². The molecule has 0 aromatic carbocycles. The Kier molecular flexibility index (Phi) is 5.46. The Morgan fingerprint density at radius 2 is 2.00 bits per heavy atom. The van der Waals surface area contributed by atoms with Crippen LogP contribution < -0.4 is 5.73 Å². The molecule has 17 heavy (non-hydrogen) atoms. The molecule has 0 saturated carbocycles. The van der Waals surface area contributed by atoms with Crippen molar-refractivity contribution in [2.75, 3.05) is 5.75 Å². The summed E-state index contributed by atoms with van der Waals surface area (Å²) in [4.78, 5) is 0. The molecule has 2 N–H and O–H groups in total. The predicted octanol–water partition coefficient (Wildman–Crippen LogP) is 2.68. The molecule has 0 aliphatic rings. The lowest BCUT2D eigenvalue weighted by atomic mass is 9.94. The fraction of sp³-hybridized carbons (Fsp3) is 0.833. The summed E-state index contributed by atoms with van der Waals surface area (Å²) in [5.41, 5.74) is 6.03. The van der Waals surface area contributed by atoms with Crippen molar-refractivity contribution in [3.63, 3.8) is 0 Å². The minimum absolute atomic E-state index is 0.374. The average molecular weight is 256 g/mol. The van der Waals surface area contributed by atoms with E-state index in [0.29, 0.717) is 12.0 Å². The van der Waals surface area contributed by atoms with Gasteiger partial charge in [-0.25, -0.2) is 0 Å². The first kappa shape index (κ1) is 14.5. The van der Waals surface area contributed by atoms with Crippen molar-refractivity contribution in [1.82, 2.24) is 14.8 Å². The van der Waals surface area contributed by atoms with Crippen LogP contribution in [0.15, 0.2) is 5.16 Å². The molecule has 0 radical (unpaired) electrons. The molecule has 1 rings (SSSR count). The van der Waals surface area contributed by atoms with Gasteiger partial charge < -0.3 is 10.3 Å². The van der Waals surface area contributed by atoms with E-state index in [2.05, 4.69) is 42.5 Å². The molecule has 0 bridgehead atoms. The third kappa shape index (κ3) is 4.68. The van der Waals surface area contributed by atoms with Crippen molar-refractivity contribution in [1.29, 1.82) is 0 Å². The van der Waals surface area contributed by atoms with E-state index in [1.54, 1.807) is 11.8 Å². The first-order valence-electron chi connectivity index (χ1n) is 6.23. The van der Waals surface area contributed by atoms with E-state index in [4.69, 9.17) is 5.73 Å². The van der Waals surface area contributed by atoms with Gasteiger partial charge >= 0.3 is 0 Å². The fourth-order valence-corrected chi connectivity index (χ4v) is 2.82. The van der Waals surface area contributed by atoms with E-state index in [0.717, 1.165) is 29.7 Å². The van der Waals surface area contributed by atoms with E-state index >= 15 is 0 Å². The number of hydrogen-bond acceptors (Lipinski definition) is 4. The van der Waals surface area contributed by atoms with E-state index in [1.165, 1.54) is 6.42 Å². The maximum absolute atomic E-state index is 5.66. The molecule has 1 heterocycles. The van der Waals surface area contributed by atoms with E-state index < -0.39 is 0 Å². The van der Waals surface area contributed by atoms with E-state index in [9.17, 15) is 0 Å². The maximum Gasteiger partial charge on any atom is 0.191 e. The van der Waals surface area contributed by atoms with Gasteiger partial charge in [0.05, 0.1) is 6.54 Å². The number of rotatable bonds is 6. The third-order valence-corrected chi connectivity index (χ3v) is 3.47. The summed E-state index contributed by atoms with van der Waals surface area (Å²) in [6.07, 6.45) is 2.26. The standard InChI is InChI=1S/C12H24N4S/c1-5-7-16-10(9-13)14-15-11(16)17-8-6-12(2,3)4/h5-9,13H2,1-4H3. The highest BCUT2D eigenvalue weighted by molar-refractivity contribution is 7.99. The maximum atomic E-state index is 5.66. The molecule has 1 aromatic heterocycles. The Hall–Kier alpha value is -0.550. The zero-order chi connectivity index (χ0) is 12.9. The SMILES string of the molecule is CCCn1c(CN)nnc1SCCC(C)(C)C. The second kappa shape index (κ2) is 6.40. The van der Waals surface area contributed by atoms with Crippen LogP contribution in [0.3, 0.4) is 0 Å². The Bertz CT molecular complexity index is 341. The van der Waals surface area contributed by atoms with Crippen molar-refractivity contribution in [2.24, 2.45) is 11.1 Å². The second-order valence-corrected chi connectivity index (χ2v) is 6.48. The highest BCUT2D eigenvalue weighted by atomic mass is 32.2. The number of thioether (sulfide) groups is 1. The molecule has 0 amide bonds. The molecule has 0 spiro atoms. The fourth-order valence-electron chi connectivity index (χ4n) is 1.47. The summed E-state index contributed by atoms with van der Waals surface area (Å²) in [6.45, 7) is 10.4. The Labute approximate surface area is 108 Å². The van der Waals surface area contributed by atoms with Crippen LogP contribution in [0, 0.1) is 5.41 Å². The van der Waals surface area contributed by atoms with Crippen molar-refractivity contribution in [3.8, 4) is 0 Å². The van der Waals surface area contributed by atoms with Crippen molar-refractivity contribution in [3.05, 3.63) is 5.82 Å². The van der Waals surface area contributed by atoms with Crippen LogP contribution in [-0.4, -0.2) is 20.5 Å². The van der Waals surface area contributed by atoms with Gasteiger partial charge in [-0.05, 0) is 18.3 Å². The first-order chi connectivity index (χ1) is 7.98. The van der Waals surface area contributed by atoms with Gasteiger partial charge in [0.15, 0.2) is 5.16 Å². The summed E-state index contributed by atoms with van der Waals surface area (Å²) < 4.78 is 2.15. The monoisotopic (exact) mass is 256 g/mol. The van der Waals surface area contributed by atoms with Gasteiger partial charge in [-0.15, -0.1) is 10.2 Å². The highest BCUT2D eigenvalue weighted by Crippen LogP contribution is 2.25. The minimum Gasteiger partial charge on any atom is -0.324 e. The number of nitrogens with zero attached hydrogens (tertiary/aromatic N) is 3. The molecular formula is C12H24N4S. The van der Waals surface area contributed by atoms with Crippen LogP contribution in [0.2, 0.25) is 0 Å².